The van der Waals surface area contributed by atoms with Crippen molar-refractivity contribution in [2.75, 3.05) is 12.8 Å². The largest absolute Gasteiger partial charge is 0.480 e. The van der Waals surface area contributed by atoms with Crippen molar-refractivity contribution in [1.29, 1.82) is 0 Å². The van der Waals surface area contributed by atoms with Crippen molar-refractivity contribution in [1.82, 2.24) is 10.2 Å². The molecule has 1 aliphatic heterocycles. The third kappa shape index (κ3) is 7.81. The van der Waals surface area contributed by atoms with Crippen LogP contribution in [0.15, 0.2) is 4.99 Å². The van der Waals surface area contributed by atoms with E-state index in [1.165, 1.54) is 11.8 Å². The molecule has 0 aliphatic carbocycles. The highest BCUT2D eigenvalue weighted by Crippen LogP contribution is 2.26. The topological polar surface area (TPSA) is 108 Å². The van der Waals surface area contributed by atoms with E-state index in [2.05, 4.69) is 10.3 Å². The zero-order valence-electron chi connectivity index (χ0n) is 19.2. The summed E-state index contributed by atoms with van der Waals surface area (Å²) in [6.45, 7) is 11.5. The van der Waals surface area contributed by atoms with Crippen LogP contribution in [0.5, 0.6) is 0 Å². The molecule has 2 N–H and O–H groups in total. The normalized spacial score (nSPS) is 19.5. The van der Waals surface area contributed by atoms with Crippen LogP contribution < -0.4 is 5.32 Å². The number of likely N-dealkylation sites (tertiary alicyclic amines) is 1. The number of aliphatic carboxylic acids is 1. The van der Waals surface area contributed by atoms with Gasteiger partial charge in [-0.05, 0) is 52.2 Å². The first-order valence-corrected chi connectivity index (χ1v) is 11.8. The van der Waals surface area contributed by atoms with Gasteiger partial charge in [-0.2, -0.15) is 0 Å². The minimum atomic E-state index is -0.953. The van der Waals surface area contributed by atoms with Gasteiger partial charge in [-0.25, -0.2) is 9.59 Å². The highest BCUT2D eigenvalue weighted by atomic mass is 32.2. The van der Waals surface area contributed by atoms with Gasteiger partial charge in [-0.3, -0.25) is 9.79 Å². The van der Waals surface area contributed by atoms with Gasteiger partial charge in [0.2, 0.25) is 5.91 Å². The number of ether oxygens (including phenoxy) is 1. The molecular formula is C21H37N3O5S. The number of thioether (sulfide) groups is 1. The molecule has 1 aliphatic rings. The smallest absolute Gasteiger partial charge is 0.408 e. The summed E-state index contributed by atoms with van der Waals surface area (Å²) in [5.74, 6) is -1.28. The molecule has 0 aromatic rings. The second-order valence-corrected chi connectivity index (χ2v) is 9.70. The number of carboxylic acids is 1. The van der Waals surface area contributed by atoms with Gasteiger partial charge in [-0.1, -0.05) is 27.2 Å². The number of hydrogen-bond acceptors (Lipinski definition) is 6. The summed E-state index contributed by atoms with van der Waals surface area (Å²) < 4.78 is 5.32. The average Bonchev–Trinajstić information content (AvgIpc) is 3.10. The summed E-state index contributed by atoms with van der Waals surface area (Å²) in [6.07, 6.45) is 3.92. The van der Waals surface area contributed by atoms with E-state index in [0.29, 0.717) is 24.4 Å². The van der Waals surface area contributed by atoms with Gasteiger partial charge < -0.3 is 20.1 Å². The maximum Gasteiger partial charge on any atom is 0.408 e. The molecule has 1 saturated heterocycles. The molecule has 1 heterocycles. The molecule has 1 fully saturated rings. The Labute approximate surface area is 184 Å². The molecule has 3 atom stereocenters. The van der Waals surface area contributed by atoms with Crippen LogP contribution in [-0.2, 0) is 14.3 Å². The molecule has 8 nitrogen and oxygen atoms in total. The van der Waals surface area contributed by atoms with Crippen molar-refractivity contribution in [3.63, 3.8) is 0 Å². The molecule has 0 saturated carbocycles. The number of alkyl carbamates (subject to hydrolysis) is 1. The van der Waals surface area contributed by atoms with Crippen molar-refractivity contribution in [2.45, 2.75) is 91.0 Å². The Kier molecular flexibility index (Phi) is 10.1. The molecule has 30 heavy (non-hydrogen) atoms. The van der Waals surface area contributed by atoms with Crippen molar-refractivity contribution in [3.05, 3.63) is 0 Å². The lowest BCUT2D eigenvalue weighted by Crippen LogP contribution is -2.54. The van der Waals surface area contributed by atoms with Crippen LogP contribution in [0.25, 0.3) is 0 Å². The fourth-order valence-electron chi connectivity index (χ4n) is 3.36. The summed E-state index contributed by atoms with van der Waals surface area (Å²) in [6, 6.07) is -1.81. The Morgan fingerprint density at radius 1 is 1.30 bits per heavy atom. The predicted molar refractivity (Wildman–Crippen MR) is 120 cm³/mol. The van der Waals surface area contributed by atoms with E-state index in [4.69, 9.17) is 4.74 Å². The highest BCUT2D eigenvalue weighted by Gasteiger charge is 2.38. The molecule has 1 rings (SSSR count). The number of nitrogens with one attached hydrogen (secondary N) is 1. The summed E-state index contributed by atoms with van der Waals surface area (Å²) in [5, 5.41) is 12.8. The van der Waals surface area contributed by atoms with E-state index in [-0.39, 0.29) is 17.9 Å². The molecule has 0 bridgehead atoms. The van der Waals surface area contributed by atoms with Crippen LogP contribution in [-0.4, -0.2) is 69.5 Å². The summed E-state index contributed by atoms with van der Waals surface area (Å²) >= 11 is 1.38. The van der Waals surface area contributed by atoms with Crippen LogP contribution in [0.2, 0.25) is 0 Å². The number of rotatable bonds is 8. The van der Waals surface area contributed by atoms with E-state index in [9.17, 15) is 19.5 Å². The number of carbonyl (C=O) groups is 3. The van der Waals surface area contributed by atoms with Crippen molar-refractivity contribution in [2.24, 2.45) is 10.9 Å². The monoisotopic (exact) mass is 443 g/mol. The fraction of sp³-hybridized carbons (Fsp3) is 0.810. The lowest BCUT2D eigenvalue weighted by atomic mass is 10.0. The Morgan fingerprint density at radius 3 is 2.40 bits per heavy atom. The van der Waals surface area contributed by atoms with Gasteiger partial charge in [0.15, 0.2) is 0 Å². The second kappa shape index (κ2) is 11.6. The summed E-state index contributed by atoms with van der Waals surface area (Å²) in [4.78, 5) is 43.4. The lowest BCUT2D eigenvalue weighted by molar-refractivity contribution is -0.138. The maximum atomic E-state index is 13.3. The first-order chi connectivity index (χ1) is 13.9. The molecule has 0 aromatic heterocycles. The van der Waals surface area contributed by atoms with Crippen LogP contribution in [0, 0.1) is 5.92 Å². The van der Waals surface area contributed by atoms with E-state index >= 15 is 0 Å². The number of aliphatic imine (C=N–C) groups is 1. The van der Waals surface area contributed by atoms with Crippen LogP contribution >= 0.6 is 11.8 Å². The Balaban J connectivity index is 3.06. The van der Waals surface area contributed by atoms with Gasteiger partial charge in [0, 0.05) is 6.54 Å². The quantitative estimate of drug-likeness (QED) is 0.439. The summed E-state index contributed by atoms with van der Waals surface area (Å²) in [5.41, 5.74) is -0.658. The second-order valence-electron chi connectivity index (χ2n) is 8.87. The molecule has 0 radical (unpaired) electrons. The van der Waals surface area contributed by atoms with Gasteiger partial charge in [0.05, 0.1) is 11.1 Å². The first-order valence-electron chi connectivity index (χ1n) is 10.6. The van der Waals surface area contributed by atoms with Crippen LogP contribution in [0.1, 0.15) is 67.2 Å². The Morgan fingerprint density at radius 2 is 1.93 bits per heavy atom. The van der Waals surface area contributed by atoms with Crippen molar-refractivity contribution < 1.29 is 24.2 Å². The third-order valence-corrected chi connectivity index (χ3v) is 5.56. The minimum absolute atomic E-state index is 0.132. The number of nitrogens with zero attached hydrogens (tertiary/aromatic N) is 2. The van der Waals surface area contributed by atoms with Crippen molar-refractivity contribution >= 4 is 34.8 Å². The number of carboxylic acid groups (broad SMARTS) is 1. The number of carbonyl (C=O) groups excluding carboxylic acids is 2. The van der Waals surface area contributed by atoms with Gasteiger partial charge >= 0.3 is 12.1 Å². The number of hydrogen-bond donors (Lipinski definition) is 2. The zero-order chi connectivity index (χ0) is 23.1. The van der Waals surface area contributed by atoms with E-state index in [0.717, 1.165) is 12.8 Å². The third-order valence-electron chi connectivity index (χ3n) is 4.77. The van der Waals surface area contributed by atoms with E-state index in [1.54, 1.807) is 25.7 Å². The van der Waals surface area contributed by atoms with Crippen LogP contribution in [0.4, 0.5) is 4.79 Å². The lowest BCUT2D eigenvalue weighted by Gasteiger charge is -2.32. The SMILES string of the molecule is CCC[C@H](N=C(SC)[C@@H]1CCCN1C(=O)C(NC(=O)OC(C)(C)C)C(C)C)C(=O)O. The van der Waals surface area contributed by atoms with Crippen molar-refractivity contribution in [3.8, 4) is 0 Å². The highest BCUT2D eigenvalue weighted by molar-refractivity contribution is 8.13. The molecule has 0 aromatic carbocycles. The molecule has 172 valence electrons. The molecular weight excluding hydrogens is 406 g/mol. The minimum Gasteiger partial charge on any atom is -0.480 e. The summed E-state index contributed by atoms with van der Waals surface area (Å²) in [7, 11) is 0. The van der Waals surface area contributed by atoms with Crippen LogP contribution in [0.3, 0.4) is 0 Å². The predicted octanol–water partition coefficient (Wildman–Crippen LogP) is 3.54. The molecule has 9 heteroatoms. The average molecular weight is 444 g/mol. The zero-order valence-corrected chi connectivity index (χ0v) is 20.0. The standard InChI is InChI=1S/C21H37N3O5S/c1-8-10-14(19(26)27)22-17(30-7)15-11-9-12-24(15)18(25)16(13(2)3)23-20(28)29-21(4,5)6/h13-16H,8-12H2,1-7H3,(H,23,28)(H,26,27)/t14-,15-,16?/m0/s1. The maximum absolute atomic E-state index is 13.3. The molecule has 0 spiro atoms. The molecule has 2 amide bonds. The Hall–Kier alpha value is -1.77. The van der Waals surface area contributed by atoms with Gasteiger partial charge in [-0.15, -0.1) is 11.8 Å². The van der Waals surface area contributed by atoms with Gasteiger partial charge in [0.25, 0.3) is 0 Å². The first kappa shape index (κ1) is 26.3. The van der Waals surface area contributed by atoms with E-state index < -0.39 is 29.7 Å². The fourth-order valence-corrected chi connectivity index (χ4v) is 4.11. The van der Waals surface area contributed by atoms with E-state index in [1.807, 2.05) is 27.0 Å². The molecule has 1 unspecified atom stereocenters. The van der Waals surface area contributed by atoms with Gasteiger partial charge in [0.1, 0.15) is 17.7 Å². The number of amides is 2. The Bertz CT molecular complexity index is 645.